The molecule has 134 valence electrons. The minimum absolute atomic E-state index is 0.0640. The molecule has 0 aliphatic heterocycles. The lowest BCUT2D eigenvalue weighted by Crippen LogP contribution is -2.27. The number of benzene rings is 1. The van der Waals surface area contributed by atoms with Gasteiger partial charge in [-0.2, -0.15) is 0 Å². The molecule has 0 saturated heterocycles. The van der Waals surface area contributed by atoms with E-state index in [1.54, 1.807) is 26.8 Å². The van der Waals surface area contributed by atoms with Gasteiger partial charge >= 0.3 is 5.97 Å². The van der Waals surface area contributed by atoms with Crippen LogP contribution in [-0.2, 0) is 9.84 Å². The standard InChI is InChI=1S/C16H18N2O5S2/c1-8-5-6-11(25(4,22)23)7-12(8)14(19)17-10(3)15-18-9(2)13(24-15)16(20)21/h5-7,10H,1-4H3,(H,17,19)(H,20,21). The number of carbonyl (C=O) groups is 2. The number of aromatic nitrogens is 1. The number of aromatic carboxylic acids is 1. The fourth-order valence-electron chi connectivity index (χ4n) is 2.21. The van der Waals surface area contributed by atoms with Crippen LogP contribution in [0.15, 0.2) is 23.1 Å². The van der Waals surface area contributed by atoms with E-state index in [1.807, 2.05) is 0 Å². The largest absolute Gasteiger partial charge is 0.477 e. The van der Waals surface area contributed by atoms with Crippen LogP contribution in [0, 0.1) is 13.8 Å². The Morgan fingerprint density at radius 3 is 2.44 bits per heavy atom. The first-order valence-corrected chi connectivity index (χ1v) is 10.0. The predicted octanol–water partition coefficient (Wildman–Crippen LogP) is 2.35. The summed E-state index contributed by atoms with van der Waals surface area (Å²) in [6.45, 7) is 5.00. The van der Waals surface area contributed by atoms with E-state index < -0.39 is 27.8 Å². The van der Waals surface area contributed by atoms with Gasteiger partial charge < -0.3 is 10.4 Å². The summed E-state index contributed by atoms with van der Waals surface area (Å²) < 4.78 is 23.3. The highest BCUT2D eigenvalue weighted by atomic mass is 32.2. The molecule has 0 aliphatic rings. The van der Waals surface area contributed by atoms with Gasteiger partial charge in [0.25, 0.3) is 5.91 Å². The van der Waals surface area contributed by atoms with E-state index in [9.17, 15) is 18.0 Å². The second kappa shape index (κ2) is 6.93. The molecular formula is C16H18N2O5S2. The van der Waals surface area contributed by atoms with E-state index in [2.05, 4.69) is 10.3 Å². The molecule has 0 spiro atoms. The van der Waals surface area contributed by atoms with Crippen LogP contribution in [0.2, 0.25) is 0 Å². The Kier molecular flexibility index (Phi) is 5.28. The molecule has 25 heavy (non-hydrogen) atoms. The quantitative estimate of drug-likeness (QED) is 0.821. The topological polar surface area (TPSA) is 113 Å². The van der Waals surface area contributed by atoms with Crippen LogP contribution in [0.4, 0.5) is 0 Å². The molecule has 1 aromatic heterocycles. The Morgan fingerprint density at radius 2 is 1.92 bits per heavy atom. The molecule has 1 atom stereocenters. The fraction of sp³-hybridized carbons (Fsp3) is 0.312. The van der Waals surface area contributed by atoms with Crippen LogP contribution in [-0.4, -0.2) is 36.6 Å². The van der Waals surface area contributed by atoms with Crippen LogP contribution in [0.5, 0.6) is 0 Å². The molecule has 2 N–H and O–H groups in total. The van der Waals surface area contributed by atoms with Gasteiger partial charge in [0.15, 0.2) is 9.84 Å². The molecule has 7 nitrogen and oxygen atoms in total. The molecule has 0 fully saturated rings. The molecule has 0 bridgehead atoms. The van der Waals surface area contributed by atoms with Crippen molar-refractivity contribution in [3.63, 3.8) is 0 Å². The summed E-state index contributed by atoms with van der Waals surface area (Å²) in [6, 6.07) is 3.86. The minimum atomic E-state index is -3.42. The average Bonchev–Trinajstić information content (AvgIpc) is 2.88. The van der Waals surface area contributed by atoms with E-state index in [0.29, 0.717) is 16.3 Å². The third-order valence-electron chi connectivity index (χ3n) is 3.61. The number of carboxylic acids is 1. The van der Waals surface area contributed by atoms with Crippen molar-refractivity contribution in [2.75, 3.05) is 6.26 Å². The van der Waals surface area contributed by atoms with Crippen molar-refractivity contribution in [2.45, 2.75) is 31.7 Å². The number of carbonyl (C=O) groups excluding carboxylic acids is 1. The number of thiazole rings is 1. The van der Waals surface area contributed by atoms with Crippen LogP contribution >= 0.6 is 11.3 Å². The van der Waals surface area contributed by atoms with Crippen molar-refractivity contribution in [1.82, 2.24) is 10.3 Å². The maximum Gasteiger partial charge on any atom is 0.347 e. The van der Waals surface area contributed by atoms with Crippen molar-refractivity contribution in [3.8, 4) is 0 Å². The van der Waals surface area contributed by atoms with Crippen molar-refractivity contribution >= 4 is 33.1 Å². The Labute approximate surface area is 149 Å². The van der Waals surface area contributed by atoms with Gasteiger partial charge in [-0.25, -0.2) is 18.2 Å². The highest BCUT2D eigenvalue weighted by Crippen LogP contribution is 2.24. The summed E-state index contributed by atoms with van der Waals surface area (Å²) in [5.41, 5.74) is 1.28. The Hall–Kier alpha value is -2.26. The zero-order valence-electron chi connectivity index (χ0n) is 14.2. The first-order chi connectivity index (χ1) is 11.5. The lowest BCUT2D eigenvalue weighted by atomic mass is 10.1. The normalized spacial score (nSPS) is 12.6. The first-order valence-electron chi connectivity index (χ1n) is 7.33. The van der Waals surface area contributed by atoms with E-state index in [4.69, 9.17) is 5.11 Å². The summed E-state index contributed by atoms with van der Waals surface area (Å²) in [5.74, 6) is -1.50. The molecule has 1 unspecified atom stereocenters. The van der Waals surface area contributed by atoms with Gasteiger partial charge in [-0.05, 0) is 38.5 Å². The number of carboxylic acid groups (broad SMARTS) is 1. The van der Waals surface area contributed by atoms with E-state index in [0.717, 1.165) is 17.6 Å². The van der Waals surface area contributed by atoms with Crippen molar-refractivity contribution < 1.29 is 23.1 Å². The second-order valence-corrected chi connectivity index (χ2v) is 8.76. The summed E-state index contributed by atoms with van der Waals surface area (Å²) in [6.07, 6.45) is 1.08. The smallest absolute Gasteiger partial charge is 0.347 e. The van der Waals surface area contributed by atoms with E-state index in [1.165, 1.54) is 12.1 Å². The van der Waals surface area contributed by atoms with Crippen molar-refractivity contribution in [3.05, 3.63) is 44.9 Å². The van der Waals surface area contributed by atoms with E-state index >= 15 is 0 Å². The predicted molar refractivity (Wildman–Crippen MR) is 94.0 cm³/mol. The maximum absolute atomic E-state index is 12.5. The van der Waals surface area contributed by atoms with E-state index in [-0.39, 0.29) is 15.3 Å². The summed E-state index contributed by atoms with van der Waals surface area (Å²) >= 11 is 1.00. The molecule has 1 amide bonds. The highest BCUT2D eigenvalue weighted by molar-refractivity contribution is 7.90. The van der Waals surface area contributed by atoms with Gasteiger partial charge in [0, 0.05) is 11.8 Å². The zero-order chi connectivity index (χ0) is 18.9. The summed E-state index contributed by atoms with van der Waals surface area (Å²) in [5, 5.41) is 12.3. The maximum atomic E-state index is 12.5. The minimum Gasteiger partial charge on any atom is -0.477 e. The number of aryl methyl sites for hydroxylation is 2. The van der Waals surface area contributed by atoms with Crippen LogP contribution in [0.3, 0.4) is 0 Å². The van der Waals surface area contributed by atoms with Gasteiger partial charge in [0.2, 0.25) is 0 Å². The number of rotatable bonds is 5. The molecule has 2 rings (SSSR count). The number of hydrogen-bond acceptors (Lipinski definition) is 6. The number of amides is 1. The molecule has 9 heteroatoms. The molecule has 2 aromatic rings. The van der Waals surface area contributed by atoms with Crippen LogP contribution in [0.1, 0.15) is 49.3 Å². The molecule has 0 aliphatic carbocycles. The number of nitrogens with one attached hydrogen (secondary N) is 1. The Bertz CT molecular complexity index is 947. The van der Waals surface area contributed by atoms with Gasteiger partial charge in [0.1, 0.15) is 9.88 Å². The first kappa shape index (κ1) is 19.1. The van der Waals surface area contributed by atoms with Crippen LogP contribution in [0.25, 0.3) is 0 Å². The summed E-state index contributed by atoms with van der Waals surface area (Å²) in [4.78, 5) is 28.0. The number of hydrogen-bond donors (Lipinski definition) is 2. The van der Waals surface area contributed by atoms with Gasteiger partial charge in [-0.1, -0.05) is 6.07 Å². The molecule has 0 radical (unpaired) electrons. The van der Waals surface area contributed by atoms with Crippen molar-refractivity contribution in [2.24, 2.45) is 0 Å². The lowest BCUT2D eigenvalue weighted by molar-refractivity contribution is 0.0700. The third kappa shape index (κ3) is 4.23. The number of sulfone groups is 1. The third-order valence-corrected chi connectivity index (χ3v) is 6.05. The van der Waals surface area contributed by atoms with Crippen molar-refractivity contribution in [1.29, 1.82) is 0 Å². The molecule has 0 saturated carbocycles. The lowest BCUT2D eigenvalue weighted by Gasteiger charge is -2.13. The fourth-order valence-corrected chi connectivity index (χ4v) is 3.77. The molecular weight excluding hydrogens is 364 g/mol. The van der Waals surface area contributed by atoms with Gasteiger partial charge in [0.05, 0.1) is 16.6 Å². The van der Waals surface area contributed by atoms with Crippen LogP contribution < -0.4 is 5.32 Å². The molecule has 1 heterocycles. The number of nitrogens with zero attached hydrogens (tertiary/aromatic N) is 1. The average molecular weight is 382 g/mol. The Balaban J connectivity index is 2.27. The molecule has 1 aromatic carbocycles. The second-order valence-electron chi connectivity index (χ2n) is 5.72. The monoisotopic (exact) mass is 382 g/mol. The SMILES string of the molecule is Cc1ccc(S(C)(=O)=O)cc1C(=O)NC(C)c1nc(C)c(C(=O)O)s1. The highest BCUT2D eigenvalue weighted by Gasteiger charge is 2.21. The summed E-state index contributed by atoms with van der Waals surface area (Å²) in [7, 11) is -3.42. The Morgan fingerprint density at radius 1 is 1.28 bits per heavy atom. The van der Waals surface area contributed by atoms with Gasteiger partial charge in [-0.3, -0.25) is 4.79 Å². The van der Waals surface area contributed by atoms with Gasteiger partial charge in [-0.15, -0.1) is 11.3 Å². The zero-order valence-corrected chi connectivity index (χ0v) is 15.8.